The largest absolute Gasteiger partial charge is 0.497 e. The van der Waals surface area contributed by atoms with Gasteiger partial charge in [0.2, 0.25) is 5.91 Å². The van der Waals surface area contributed by atoms with Gasteiger partial charge in [0.05, 0.1) is 32.8 Å². The summed E-state index contributed by atoms with van der Waals surface area (Å²) < 4.78 is 23.6. The summed E-state index contributed by atoms with van der Waals surface area (Å²) in [7, 11) is 6.54. The molecule has 0 bridgehead atoms. The highest BCUT2D eigenvalue weighted by Gasteiger charge is 2.19. The lowest BCUT2D eigenvalue weighted by molar-refractivity contribution is -0.113. The van der Waals surface area contributed by atoms with Crippen LogP contribution in [0.15, 0.2) is 47.6 Å². The quantitative estimate of drug-likeness (QED) is 0.459. The van der Waals surface area contributed by atoms with Crippen molar-refractivity contribution in [2.45, 2.75) is 18.2 Å². The van der Waals surface area contributed by atoms with E-state index in [1.54, 1.807) is 32.4 Å². The Morgan fingerprint density at radius 1 is 1.03 bits per heavy atom. The van der Waals surface area contributed by atoms with E-state index in [1.807, 2.05) is 42.8 Å². The van der Waals surface area contributed by atoms with Crippen LogP contribution in [0.1, 0.15) is 18.9 Å². The molecule has 0 spiro atoms. The van der Waals surface area contributed by atoms with Crippen molar-refractivity contribution >= 4 is 23.4 Å². The van der Waals surface area contributed by atoms with Crippen LogP contribution < -0.4 is 24.3 Å². The molecule has 0 aliphatic rings. The topological polar surface area (TPSA) is 96.7 Å². The number of hydrogen-bond donors (Lipinski definition) is 1. The molecular formula is C22H26N4O5S. The molecule has 0 saturated heterocycles. The summed E-state index contributed by atoms with van der Waals surface area (Å²) in [6.07, 6.45) is -0.365. The molecular weight excluding hydrogens is 432 g/mol. The summed E-state index contributed by atoms with van der Waals surface area (Å²) in [5, 5.41) is 11.9. The Labute approximate surface area is 191 Å². The molecule has 0 saturated carbocycles. The highest BCUT2D eigenvalue weighted by molar-refractivity contribution is 7.99. The molecule has 1 aromatic heterocycles. The van der Waals surface area contributed by atoms with Crippen LogP contribution in [0.2, 0.25) is 0 Å². The van der Waals surface area contributed by atoms with Gasteiger partial charge >= 0.3 is 0 Å². The number of ether oxygens (including phenoxy) is 4. The number of aromatic nitrogens is 3. The van der Waals surface area contributed by atoms with Crippen LogP contribution in [-0.2, 0) is 11.8 Å². The average Bonchev–Trinajstić information content (AvgIpc) is 3.18. The molecule has 1 heterocycles. The molecule has 1 atom stereocenters. The predicted molar refractivity (Wildman–Crippen MR) is 122 cm³/mol. The lowest BCUT2D eigenvalue weighted by Crippen LogP contribution is -2.15. The Kier molecular flexibility index (Phi) is 7.82. The Balaban J connectivity index is 1.61. The summed E-state index contributed by atoms with van der Waals surface area (Å²) in [6, 6.07) is 12.6. The highest BCUT2D eigenvalue weighted by Crippen LogP contribution is 2.31. The van der Waals surface area contributed by atoms with E-state index in [0.717, 1.165) is 0 Å². The second-order valence-electron chi connectivity index (χ2n) is 6.71. The SMILES string of the molecule is COc1ccc(NC(=O)CSc2nnc(C(C)Oc3ccccc3OC)n2C)c(OC)c1. The number of nitrogens with one attached hydrogen (secondary N) is 1. The first-order valence-corrected chi connectivity index (χ1v) is 10.8. The van der Waals surface area contributed by atoms with Crippen LogP contribution in [0.4, 0.5) is 5.69 Å². The van der Waals surface area contributed by atoms with Crippen molar-refractivity contribution in [3.8, 4) is 23.0 Å². The maximum atomic E-state index is 12.5. The zero-order valence-corrected chi connectivity index (χ0v) is 19.4. The highest BCUT2D eigenvalue weighted by atomic mass is 32.2. The molecule has 1 N–H and O–H groups in total. The summed E-state index contributed by atoms with van der Waals surface area (Å²) in [6.45, 7) is 1.88. The van der Waals surface area contributed by atoms with Gasteiger partial charge in [-0.3, -0.25) is 4.79 Å². The number of thioether (sulfide) groups is 1. The van der Waals surface area contributed by atoms with Gasteiger partial charge in [0.15, 0.2) is 28.6 Å². The summed E-state index contributed by atoms with van der Waals surface area (Å²) in [5.41, 5.74) is 0.566. The summed E-state index contributed by atoms with van der Waals surface area (Å²) in [5.74, 6) is 3.02. The maximum Gasteiger partial charge on any atom is 0.234 e. The lowest BCUT2D eigenvalue weighted by atomic mass is 10.2. The number of anilines is 1. The van der Waals surface area contributed by atoms with Crippen LogP contribution in [0.25, 0.3) is 0 Å². The minimum Gasteiger partial charge on any atom is -0.497 e. The first-order chi connectivity index (χ1) is 15.5. The van der Waals surface area contributed by atoms with E-state index in [-0.39, 0.29) is 17.8 Å². The number of hydrogen-bond acceptors (Lipinski definition) is 8. The van der Waals surface area contributed by atoms with Gasteiger partial charge in [0, 0.05) is 13.1 Å². The van der Waals surface area contributed by atoms with Crippen LogP contribution in [0.3, 0.4) is 0 Å². The molecule has 2 aromatic carbocycles. The molecule has 32 heavy (non-hydrogen) atoms. The second-order valence-corrected chi connectivity index (χ2v) is 7.66. The number of nitrogens with zero attached hydrogens (tertiary/aromatic N) is 3. The molecule has 9 nitrogen and oxygen atoms in total. The minimum atomic E-state index is -0.365. The van der Waals surface area contributed by atoms with Crippen LogP contribution >= 0.6 is 11.8 Å². The lowest BCUT2D eigenvalue weighted by Gasteiger charge is -2.16. The number of carbonyl (C=O) groups excluding carboxylic acids is 1. The van der Waals surface area contributed by atoms with Crippen molar-refractivity contribution < 1.29 is 23.7 Å². The fourth-order valence-electron chi connectivity index (χ4n) is 2.98. The van der Waals surface area contributed by atoms with Gasteiger partial charge in [-0.15, -0.1) is 10.2 Å². The second kappa shape index (κ2) is 10.8. The summed E-state index contributed by atoms with van der Waals surface area (Å²) >= 11 is 1.28. The van der Waals surface area contributed by atoms with Crippen molar-refractivity contribution in [3.05, 3.63) is 48.3 Å². The van der Waals surface area contributed by atoms with E-state index < -0.39 is 0 Å². The van der Waals surface area contributed by atoms with Crippen molar-refractivity contribution in [1.82, 2.24) is 14.8 Å². The van der Waals surface area contributed by atoms with Gasteiger partial charge in [-0.1, -0.05) is 23.9 Å². The first-order valence-electron chi connectivity index (χ1n) is 9.80. The molecule has 10 heteroatoms. The average molecular weight is 459 g/mol. The monoisotopic (exact) mass is 458 g/mol. The smallest absolute Gasteiger partial charge is 0.234 e. The van der Waals surface area contributed by atoms with Crippen molar-refractivity contribution in [2.75, 3.05) is 32.4 Å². The summed E-state index contributed by atoms with van der Waals surface area (Å²) in [4.78, 5) is 12.5. The number of rotatable bonds is 10. The number of methoxy groups -OCH3 is 3. The molecule has 0 fully saturated rings. The van der Waals surface area contributed by atoms with E-state index in [0.29, 0.717) is 39.7 Å². The fraction of sp³-hybridized carbons (Fsp3) is 0.318. The third kappa shape index (κ3) is 5.44. The maximum absolute atomic E-state index is 12.5. The molecule has 1 amide bonds. The van der Waals surface area contributed by atoms with Crippen molar-refractivity contribution in [1.29, 1.82) is 0 Å². The van der Waals surface area contributed by atoms with Gasteiger partial charge in [-0.25, -0.2) is 0 Å². The van der Waals surface area contributed by atoms with E-state index in [2.05, 4.69) is 15.5 Å². The van der Waals surface area contributed by atoms with Crippen molar-refractivity contribution in [3.63, 3.8) is 0 Å². The Morgan fingerprint density at radius 2 is 1.75 bits per heavy atom. The Bertz CT molecular complexity index is 1070. The number of benzene rings is 2. The Morgan fingerprint density at radius 3 is 2.44 bits per heavy atom. The molecule has 3 rings (SSSR count). The van der Waals surface area contributed by atoms with Crippen LogP contribution in [0, 0.1) is 0 Å². The fourth-order valence-corrected chi connectivity index (χ4v) is 3.70. The van der Waals surface area contributed by atoms with Crippen molar-refractivity contribution in [2.24, 2.45) is 7.05 Å². The minimum absolute atomic E-state index is 0.156. The molecule has 3 aromatic rings. The van der Waals surface area contributed by atoms with E-state index in [1.165, 1.54) is 18.9 Å². The molecule has 170 valence electrons. The zero-order valence-electron chi connectivity index (χ0n) is 18.6. The van der Waals surface area contributed by atoms with Gasteiger partial charge in [0.1, 0.15) is 11.5 Å². The van der Waals surface area contributed by atoms with Crippen LogP contribution in [-0.4, -0.2) is 47.8 Å². The molecule has 0 radical (unpaired) electrons. The van der Waals surface area contributed by atoms with Gasteiger partial charge < -0.3 is 28.8 Å². The predicted octanol–water partition coefficient (Wildman–Crippen LogP) is 3.71. The molecule has 1 unspecified atom stereocenters. The van der Waals surface area contributed by atoms with Crippen LogP contribution in [0.5, 0.6) is 23.0 Å². The molecule has 0 aliphatic heterocycles. The normalized spacial score (nSPS) is 11.5. The van der Waals surface area contributed by atoms with E-state index in [9.17, 15) is 4.79 Å². The third-order valence-electron chi connectivity index (χ3n) is 4.62. The number of amides is 1. The zero-order chi connectivity index (χ0) is 23.1. The third-order valence-corrected chi connectivity index (χ3v) is 5.64. The van der Waals surface area contributed by atoms with Gasteiger partial charge in [-0.05, 0) is 31.2 Å². The number of para-hydroxylation sites is 2. The van der Waals surface area contributed by atoms with E-state index in [4.69, 9.17) is 18.9 Å². The van der Waals surface area contributed by atoms with Gasteiger partial charge in [0.25, 0.3) is 0 Å². The molecule has 0 aliphatic carbocycles. The van der Waals surface area contributed by atoms with Gasteiger partial charge in [-0.2, -0.15) is 0 Å². The first kappa shape index (κ1) is 23.3. The number of carbonyl (C=O) groups is 1. The Hall–Kier alpha value is -3.40. The van der Waals surface area contributed by atoms with E-state index >= 15 is 0 Å². The standard InChI is InChI=1S/C22H26N4O5S/c1-14(31-18-9-7-6-8-17(18)29-4)21-24-25-22(26(21)2)32-13-20(27)23-16-11-10-15(28-3)12-19(16)30-5/h6-12,14H,13H2,1-5H3,(H,23,27).